The Morgan fingerprint density at radius 3 is 2.25 bits per heavy atom. The Morgan fingerprint density at radius 2 is 1.54 bits per heavy atom. The normalized spacial score (nSPS) is 11.0. The molecule has 0 saturated heterocycles. The number of pyridine rings is 1. The molecule has 3 aromatic rings. The first-order valence-corrected chi connectivity index (χ1v) is 8.50. The van der Waals surface area contributed by atoms with Crippen LogP contribution in [0.2, 0.25) is 0 Å². The molecular weight excluding hydrogens is 359 g/mol. The highest BCUT2D eigenvalue weighted by molar-refractivity contribution is 6.06. The minimum atomic E-state index is -0.607. The van der Waals surface area contributed by atoms with Crippen LogP contribution in [0.5, 0.6) is 0 Å². The molecular formula is C21H17FN4O2. The zero-order chi connectivity index (χ0) is 19.8. The summed E-state index contributed by atoms with van der Waals surface area (Å²) in [5.41, 5.74) is 3.95. The van der Waals surface area contributed by atoms with E-state index in [1.54, 1.807) is 30.3 Å². The van der Waals surface area contributed by atoms with Gasteiger partial charge in [-0.2, -0.15) is 5.10 Å². The number of amides is 2. The van der Waals surface area contributed by atoms with Crippen molar-refractivity contribution in [2.24, 2.45) is 5.10 Å². The van der Waals surface area contributed by atoms with E-state index in [1.807, 2.05) is 18.2 Å². The van der Waals surface area contributed by atoms with Crippen LogP contribution < -0.4 is 10.7 Å². The summed E-state index contributed by atoms with van der Waals surface area (Å²) in [5, 5.41) is 6.78. The second kappa shape index (κ2) is 9.18. The van der Waals surface area contributed by atoms with Gasteiger partial charge in [0.15, 0.2) is 0 Å². The van der Waals surface area contributed by atoms with E-state index in [9.17, 15) is 14.0 Å². The largest absolute Gasteiger partial charge is 0.346 e. The van der Waals surface area contributed by atoms with Crippen molar-refractivity contribution in [3.05, 3.63) is 102 Å². The number of carbonyl (C=O) groups excluding carboxylic acids is 2. The van der Waals surface area contributed by atoms with E-state index < -0.39 is 17.6 Å². The van der Waals surface area contributed by atoms with Crippen LogP contribution in [0.25, 0.3) is 0 Å². The summed E-state index contributed by atoms with van der Waals surface area (Å²) >= 11 is 0. The fourth-order valence-electron chi connectivity index (χ4n) is 2.43. The fourth-order valence-corrected chi connectivity index (χ4v) is 2.43. The minimum absolute atomic E-state index is 0.00774. The molecule has 0 bridgehead atoms. The van der Waals surface area contributed by atoms with Gasteiger partial charge in [0.2, 0.25) is 0 Å². The van der Waals surface area contributed by atoms with Gasteiger partial charge in [-0.15, -0.1) is 0 Å². The molecule has 28 heavy (non-hydrogen) atoms. The van der Waals surface area contributed by atoms with Crippen molar-refractivity contribution in [3.63, 3.8) is 0 Å². The number of rotatable bonds is 6. The van der Waals surface area contributed by atoms with E-state index in [1.165, 1.54) is 30.6 Å². The third-order valence-corrected chi connectivity index (χ3v) is 3.88. The molecule has 140 valence electrons. The van der Waals surface area contributed by atoms with Gasteiger partial charge in [0, 0.05) is 18.0 Å². The molecule has 2 N–H and O–H groups in total. The topological polar surface area (TPSA) is 83.5 Å². The van der Waals surface area contributed by atoms with Gasteiger partial charge < -0.3 is 5.32 Å². The maximum atomic E-state index is 13.8. The van der Waals surface area contributed by atoms with Gasteiger partial charge in [0.05, 0.1) is 17.8 Å². The molecule has 0 saturated carbocycles. The molecule has 0 radical (unpaired) electrons. The Bertz CT molecular complexity index is 992. The zero-order valence-electron chi connectivity index (χ0n) is 14.8. The molecule has 2 amide bonds. The van der Waals surface area contributed by atoms with Crippen LogP contribution in [-0.4, -0.2) is 29.1 Å². The van der Waals surface area contributed by atoms with Crippen molar-refractivity contribution in [1.82, 2.24) is 15.7 Å². The first-order valence-electron chi connectivity index (χ1n) is 8.50. The Balaban J connectivity index is 1.75. The number of hydrogen-bond acceptors (Lipinski definition) is 4. The second-order valence-electron chi connectivity index (χ2n) is 5.76. The number of hydrogen-bond donors (Lipinski definition) is 2. The fraction of sp³-hybridized carbons (Fsp3) is 0.0476. The standard InChI is InChI=1S/C21H17FN4O2/c22-18-9-5-4-8-17(18)21(28)24-14-19(15-6-2-1-3-7-15)25-26-20(27)16-10-12-23-13-11-16/h1-13H,14H2,(H,24,28)(H,26,27)/b25-19+. The van der Waals surface area contributed by atoms with Gasteiger partial charge in [-0.3, -0.25) is 14.6 Å². The number of nitrogens with one attached hydrogen (secondary N) is 2. The molecule has 7 heteroatoms. The summed E-state index contributed by atoms with van der Waals surface area (Å²) in [6, 6.07) is 17.9. The monoisotopic (exact) mass is 376 g/mol. The summed E-state index contributed by atoms with van der Waals surface area (Å²) < 4.78 is 13.8. The summed E-state index contributed by atoms with van der Waals surface area (Å²) in [6.45, 7) is 0.00774. The van der Waals surface area contributed by atoms with Crippen LogP contribution in [0, 0.1) is 5.82 Å². The molecule has 3 rings (SSSR count). The van der Waals surface area contributed by atoms with Crippen LogP contribution in [0.4, 0.5) is 4.39 Å². The summed E-state index contributed by atoms with van der Waals surface area (Å²) in [7, 11) is 0. The van der Waals surface area contributed by atoms with Crippen LogP contribution in [-0.2, 0) is 0 Å². The van der Waals surface area contributed by atoms with Crippen molar-refractivity contribution in [1.29, 1.82) is 0 Å². The van der Waals surface area contributed by atoms with Crippen molar-refractivity contribution >= 4 is 17.5 Å². The number of halogens is 1. The highest BCUT2D eigenvalue weighted by Crippen LogP contribution is 2.06. The van der Waals surface area contributed by atoms with E-state index in [2.05, 4.69) is 20.8 Å². The number of hydrazone groups is 1. The van der Waals surface area contributed by atoms with E-state index in [0.29, 0.717) is 16.8 Å². The lowest BCUT2D eigenvalue weighted by Crippen LogP contribution is -2.32. The Labute approximate surface area is 161 Å². The molecule has 1 heterocycles. The summed E-state index contributed by atoms with van der Waals surface area (Å²) in [4.78, 5) is 28.3. The van der Waals surface area contributed by atoms with E-state index in [-0.39, 0.29) is 12.1 Å². The maximum Gasteiger partial charge on any atom is 0.271 e. The lowest BCUT2D eigenvalue weighted by molar-refractivity contribution is 0.0950. The number of benzene rings is 2. The van der Waals surface area contributed by atoms with Gasteiger partial charge in [0.25, 0.3) is 11.8 Å². The van der Waals surface area contributed by atoms with Crippen LogP contribution in [0.15, 0.2) is 84.2 Å². The highest BCUT2D eigenvalue weighted by atomic mass is 19.1. The molecule has 0 aliphatic rings. The van der Waals surface area contributed by atoms with Crippen molar-refractivity contribution in [2.75, 3.05) is 6.54 Å². The predicted octanol–water partition coefficient (Wildman–Crippen LogP) is 2.78. The number of carbonyl (C=O) groups is 2. The minimum Gasteiger partial charge on any atom is -0.346 e. The van der Waals surface area contributed by atoms with Gasteiger partial charge in [-0.25, -0.2) is 9.82 Å². The lowest BCUT2D eigenvalue weighted by atomic mass is 10.1. The van der Waals surface area contributed by atoms with E-state index in [4.69, 9.17) is 0 Å². The second-order valence-corrected chi connectivity index (χ2v) is 5.76. The first-order chi connectivity index (χ1) is 13.6. The van der Waals surface area contributed by atoms with E-state index in [0.717, 1.165) is 0 Å². The molecule has 1 aromatic heterocycles. The molecule has 0 unspecified atom stereocenters. The maximum absolute atomic E-state index is 13.8. The Kier molecular flexibility index (Phi) is 6.20. The third-order valence-electron chi connectivity index (χ3n) is 3.88. The summed E-state index contributed by atoms with van der Waals surface area (Å²) in [6.07, 6.45) is 3.01. The SMILES string of the molecule is O=C(N/N=C(\CNC(=O)c1ccccc1F)c1ccccc1)c1ccncc1. The van der Waals surface area contributed by atoms with Gasteiger partial charge >= 0.3 is 0 Å². The Hall–Kier alpha value is -3.87. The van der Waals surface area contributed by atoms with Gasteiger partial charge in [0.1, 0.15) is 5.82 Å². The number of nitrogens with zero attached hydrogens (tertiary/aromatic N) is 2. The average Bonchev–Trinajstić information content (AvgIpc) is 2.75. The molecule has 0 aliphatic heterocycles. The molecule has 0 atom stereocenters. The van der Waals surface area contributed by atoms with Crippen LogP contribution in [0.1, 0.15) is 26.3 Å². The van der Waals surface area contributed by atoms with Gasteiger partial charge in [-0.1, -0.05) is 42.5 Å². The van der Waals surface area contributed by atoms with Gasteiger partial charge in [-0.05, 0) is 29.8 Å². The first kappa shape index (κ1) is 18.9. The van der Waals surface area contributed by atoms with Crippen LogP contribution in [0.3, 0.4) is 0 Å². The van der Waals surface area contributed by atoms with Crippen molar-refractivity contribution in [3.8, 4) is 0 Å². The molecule has 0 fully saturated rings. The predicted molar refractivity (Wildman–Crippen MR) is 103 cm³/mol. The van der Waals surface area contributed by atoms with Crippen LogP contribution >= 0.6 is 0 Å². The zero-order valence-corrected chi connectivity index (χ0v) is 14.8. The lowest BCUT2D eigenvalue weighted by Gasteiger charge is -2.10. The molecule has 0 aliphatic carbocycles. The van der Waals surface area contributed by atoms with Crippen molar-refractivity contribution in [2.45, 2.75) is 0 Å². The quantitative estimate of drug-likeness (QED) is 0.513. The van der Waals surface area contributed by atoms with E-state index >= 15 is 0 Å². The van der Waals surface area contributed by atoms with Crippen molar-refractivity contribution < 1.29 is 14.0 Å². The highest BCUT2D eigenvalue weighted by Gasteiger charge is 2.13. The summed E-state index contributed by atoms with van der Waals surface area (Å²) in [5.74, 6) is -1.58. The average molecular weight is 376 g/mol. The Morgan fingerprint density at radius 1 is 0.857 bits per heavy atom. The molecule has 2 aromatic carbocycles. The smallest absolute Gasteiger partial charge is 0.271 e. The molecule has 6 nitrogen and oxygen atoms in total. The third kappa shape index (κ3) is 4.85. The molecule has 0 spiro atoms. The number of aromatic nitrogens is 1.